The summed E-state index contributed by atoms with van der Waals surface area (Å²) in [7, 11) is 0. The summed E-state index contributed by atoms with van der Waals surface area (Å²) in [5.74, 6) is 0. The van der Waals surface area contributed by atoms with Crippen LogP contribution in [0.4, 0.5) is 4.39 Å². The standard InChI is InChI=1S/C11H20FN3/c1-2-4-10(7-13)14-11-8-15(9-11)6-3-5-12/h4,7,11,13-14H,2-3,5-6,8-9H2,1H3/b10-4+,13-7?. The molecule has 0 saturated carbocycles. The molecule has 0 aliphatic carbocycles. The van der Waals surface area contributed by atoms with Gasteiger partial charge < -0.3 is 10.7 Å². The molecule has 0 aromatic rings. The fraction of sp³-hybridized carbons (Fsp3) is 0.727. The van der Waals surface area contributed by atoms with Crippen LogP contribution in [-0.4, -0.2) is 43.5 Å². The highest BCUT2D eigenvalue weighted by molar-refractivity contribution is 5.74. The molecule has 1 fully saturated rings. The summed E-state index contributed by atoms with van der Waals surface area (Å²) < 4.78 is 11.9. The summed E-state index contributed by atoms with van der Waals surface area (Å²) in [6, 6.07) is 0.434. The lowest BCUT2D eigenvalue weighted by molar-refractivity contribution is 0.129. The van der Waals surface area contributed by atoms with E-state index in [-0.39, 0.29) is 6.67 Å². The van der Waals surface area contributed by atoms with Crippen LogP contribution in [0.3, 0.4) is 0 Å². The quantitative estimate of drug-likeness (QED) is 0.630. The number of likely N-dealkylation sites (tertiary alicyclic amines) is 1. The van der Waals surface area contributed by atoms with Gasteiger partial charge in [-0.05, 0) is 12.8 Å². The van der Waals surface area contributed by atoms with Gasteiger partial charge in [-0.3, -0.25) is 9.29 Å². The zero-order chi connectivity index (χ0) is 11.1. The van der Waals surface area contributed by atoms with Gasteiger partial charge in [0.05, 0.1) is 12.7 Å². The molecule has 1 saturated heterocycles. The van der Waals surface area contributed by atoms with Crippen molar-refractivity contribution in [2.75, 3.05) is 26.3 Å². The van der Waals surface area contributed by atoms with Gasteiger partial charge in [0.1, 0.15) is 0 Å². The second kappa shape index (κ2) is 6.56. The Labute approximate surface area is 90.9 Å². The Kier molecular flexibility index (Phi) is 5.32. The Hall–Kier alpha value is -0.900. The zero-order valence-corrected chi connectivity index (χ0v) is 9.30. The van der Waals surface area contributed by atoms with Crippen LogP contribution in [0.25, 0.3) is 0 Å². The van der Waals surface area contributed by atoms with E-state index in [4.69, 9.17) is 5.41 Å². The first-order valence-corrected chi connectivity index (χ1v) is 5.55. The van der Waals surface area contributed by atoms with Crippen LogP contribution in [0.5, 0.6) is 0 Å². The first kappa shape index (κ1) is 12.2. The van der Waals surface area contributed by atoms with E-state index in [1.807, 2.05) is 6.08 Å². The van der Waals surface area contributed by atoms with E-state index in [9.17, 15) is 4.39 Å². The average molecular weight is 213 g/mol. The summed E-state index contributed by atoms with van der Waals surface area (Å²) in [5.41, 5.74) is 0.896. The maximum absolute atomic E-state index is 11.9. The van der Waals surface area contributed by atoms with Crippen LogP contribution < -0.4 is 5.32 Å². The molecular weight excluding hydrogens is 193 g/mol. The number of allylic oxidation sites excluding steroid dienone is 2. The maximum atomic E-state index is 11.9. The van der Waals surface area contributed by atoms with E-state index < -0.39 is 0 Å². The molecule has 0 radical (unpaired) electrons. The molecule has 15 heavy (non-hydrogen) atoms. The van der Waals surface area contributed by atoms with Crippen LogP contribution >= 0.6 is 0 Å². The van der Waals surface area contributed by atoms with Gasteiger partial charge in [0.2, 0.25) is 0 Å². The smallest absolute Gasteiger partial charge is 0.0906 e. The van der Waals surface area contributed by atoms with Gasteiger partial charge in [-0.2, -0.15) is 0 Å². The highest BCUT2D eigenvalue weighted by atomic mass is 19.1. The molecule has 1 rings (SSSR count). The number of alkyl halides is 1. The van der Waals surface area contributed by atoms with Crippen molar-refractivity contribution in [2.24, 2.45) is 0 Å². The largest absolute Gasteiger partial charge is 0.379 e. The van der Waals surface area contributed by atoms with Crippen LogP contribution in [0, 0.1) is 5.41 Å². The fourth-order valence-electron chi connectivity index (χ4n) is 1.74. The highest BCUT2D eigenvalue weighted by Crippen LogP contribution is 2.09. The van der Waals surface area contributed by atoms with Gasteiger partial charge in [-0.15, -0.1) is 0 Å². The summed E-state index contributed by atoms with van der Waals surface area (Å²) >= 11 is 0. The summed E-state index contributed by atoms with van der Waals surface area (Å²) in [6.07, 6.45) is 4.94. The molecule has 0 aromatic carbocycles. The van der Waals surface area contributed by atoms with E-state index in [0.717, 1.165) is 31.8 Å². The lowest BCUT2D eigenvalue weighted by Crippen LogP contribution is -2.57. The van der Waals surface area contributed by atoms with Gasteiger partial charge in [-0.25, -0.2) is 0 Å². The molecule has 86 valence electrons. The second-order valence-corrected chi connectivity index (χ2v) is 3.86. The molecule has 0 amide bonds. The van der Waals surface area contributed by atoms with Crippen LogP contribution in [0.15, 0.2) is 11.8 Å². The van der Waals surface area contributed by atoms with Gasteiger partial charge in [0.15, 0.2) is 0 Å². The number of hydrogen-bond donors (Lipinski definition) is 2. The third-order valence-corrected chi connectivity index (χ3v) is 2.52. The lowest BCUT2D eigenvalue weighted by atomic mass is 10.1. The number of nitrogens with one attached hydrogen (secondary N) is 2. The number of nitrogens with zero attached hydrogens (tertiary/aromatic N) is 1. The molecule has 0 aromatic heterocycles. The van der Waals surface area contributed by atoms with Crippen molar-refractivity contribution in [1.29, 1.82) is 5.41 Å². The first-order valence-electron chi connectivity index (χ1n) is 5.55. The topological polar surface area (TPSA) is 39.1 Å². The normalized spacial score (nSPS) is 18.7. The Morgan fingerprint density at radius 3 is 2.87 bits per heavy atom. The molecule has 1 aliphatic rings. The molecule has 0 bridgehead atoms. The van der Waals surface area contributed by atoms with E-state index in [2.05, 4.69) is 17.1 Å². The van der Waals surface area contributed by atoms with E-state index in [1.165, 1.54) is 6.21 Å². The third-order valence-electron chi connectivity index (χ3n) is 2.52. The minimum Gasteiger partial charge on any atom is -0.379 e. The molecule has 0 unspecified atom stereocenters. The van der Waals surface area contributed by atoms with E-state index >= 15 is 0 Å². The van der Waals surface area contributed by atoms with Crippen LogP contribution in [-0.2, 0) is 0 Å². The fourth-order valence-corrected chi connectivity index (χ4v) is 1.74. The van der Waals surface area contributed by atoms with Crippen LogP contribution in [0.2, 0.25) is 0 Å². The Morgan fingerprint density at radius 1 is 1.60 bits per heavy atom. The monoisotopic (exact) mass is 213 g/mol. The Morgan fingerprint density at radius 2 is 2.33 bits per heavy atom. The predicted octanol–water partition coefficient (Wildman–Crippen LogP) is 1.56. The van der Waals surface area contributed by atoms with Crippen molar-refractivity contribution >= 4 is 6.21 Å². The SMILES string of the molecule is CC/C=C(\C=N)NC1CN(CCCF)C1. The van der Waals surface area contributed by atoms with Gasteiger partial charge in [0.25, 0.3) is 0 Å². The number of halogens is 1. The Balaban J connectivity index is 2.16. The minimum absolute atomic E-state index is 0.226. The van der Waals surface area contributed by atoms with Gasteiger partial charge in [0, 0.05) is 31.5 Å². The molecular formula is C11H20FN3. The second-order valence-electron chi connectivity index (χ2n) is 3.86. The molecule has 4 heteroatoms. The average Bonchev–Trinajstić information content (AvgIpc) is 2.19. The molecule has 1 heterocycles. The molecule has 2 N–H and O–H groups in total. The number of rotatable bonds is 7. The van der Waals surface area contributed by atoms with Crippen molar-refractivity contribution in [1.82, 2.24) is 10.2 Å². The van der Waals surface area contributed by atoms with Crippen molar-refractivity contribution < 1.29 is 4.39 Å². The predicted molar refractivity (Wildman–Crippen MR) is 61.1 cm³/mol. The zero-order valence-electron chi connectivity index (χ0n) is 9.30. The number of hydrogen-bond acceptors (Lipinski definition) is 3. The Bertz CT molecular complexity index is 222. The molecule has 0 atom stereocenters. The lowest BCUT2D eigenvalue weighted by Gasteiger charge is -2.40. The van der Waals surface area contributed by atoms with Crippen LogP contribution in [0.1, 0.15) is 19.8 Å². The van der Waals surface area contributed by atoms with Crippen molar-refractivity contribution in [3.63, 3.8) is 0 Å². The van der Waals surface area contributed by atoms with Crippen molar-refractivity contribution in [2.45, 2.75) is 25.8 Å². The minimum atomic E-state index is -0.226. The van der Waals surface area contributed by atoms with E-state index in [0.29, 0.717) is 12.5 Å². The third kappa shape index (κ3) is 4.00. The van der Waals surface area contributed by atoms with Gasteiger partial charge in [-0.1, -0.05) is 13.0 Å². The highest BCUT2D eigenvalue weighted by Gasteiger charge is 2.25. The van der Waals surface area contributed by atoms with Crippen molar-refractivity contribution in [3.05, 3.63) is 11.8 Å². The molecule has 0 spiro atoms. The summed E-state index contributed by atoms with van der Waals surface area (Å²) in [6.45, 7) is 4.62. The molecule has 3 nitrogen and oxygen atoms in total. The maximum Gasteiger partial charge on any atom is 0.0906 e. The van der Waals surface area contributed by atoms with E-state index in [1.54, 1.807) is 0 Å². The van der Waals surface area contributed by atoms with Gasteiger partial charge >= 0.3 is 0 Å². The summed E-state index contributed by atoms with van der Waals surface area (Å²) in [4.78, 5) is 2.23. The van der Waals surface area contributed by atoms with Crippen molar-refractivity contribution in [3.8, 4) is 0 Å². The summed E-state index contributed by atoms with van der Waals surface area (Å²) in [5, 5.41) is 10.5. The first-order chi connectivity index (χ1) is 7.30. The molecule has 1 aliphatic heterocycles.